The van der Waals surface area contributed by atoms with E-state index in [1.807, 2.05) is 32.0 Å². The van der Waals surface area contributed by atoms with Gasteiger partial charge in [-0.1, -0.05) is 11.6 Å². The first-order chi connectivity index (χ1) is 11.5. The van der Waals surface area contributed by atoms with Gasteiger partial charge in [0.2, 0.25) is 0 Å². The Balaban J connectivity index is 1.68. The highest BCUT2D eigenvalue weighted by molar-refractivity contribution is 7.18. The van der Waals surface area contributed by atoms with Crippen molar-refractivity contribution in [2.45, 2.75) is 13.8 Å². The van der Waals surface area contributed by atoms with Crippen molar-refractivity contribution in [1.82, 2.24) is 4.98 Å². The van der Waals surface area contributed by atoms with Crippen LogP contribution in [0.25, 0.3) is 21.2 Å². The molecular weight excluding hydrogens is 344 g/mol. The molecule has 0 spiro atoms. The number of carbonyl (C=O) groups excluding carboxylic acids is 1. The summed E-state index contributed by atoms with van der Waals surface area (Å²) in [5, 5.41) is 5.35. The Hall–Kier alpha value is -2.37. The maximum absolute atomic E-state index is 12.6. The third-order valence-corrected chi connectivity index (χ3v) is 5.03. The zero-order valence-corrected chi connectivity index (χ0v) is 14.6. The summed E-state index contributed by atoms with van der Waals surface area (Å²) in [6.07, 6.45) is 0. The Morgan fingerprint density at radius 1 is 1.21 bits per heavy atom. The van der Waals surface area contributed by atoms with Gasteiger partial charge in [-0.2, -0.15) is 0 Å². The molecule has 0 radical (unpaired) electrons. The van der Waals surface area contributed by atoms with Gasteiger partial charge in [0.25, 0.3) is 5.91 Å². The fourth-order valence-electron chi connectivity index (χ4n) is 2.72. The molecule has 0 saturated carbocycles. The van der Waals surface area contributed by atoms with Crippen LogP contribution in [0.1, 0.15) is 21.1 Å². The lowest BCUT2D eigenvalue weighted by atomic mass is 10.1. The van der Waals surface area contributed by atoms with Crippen molar-refractivity contribution in [2.24, 2.45) is 0 Å². The predicted molar refractivity (Wildman–Crippen MR) is 98.3 cm³/mol. The summed E-state index contributed by atoms with van der Waals surface area (Å²) in [7, 11) is 0. The molecule has 1 amide bonds. The zero-order valence-electron chi connectivity index (χ0n) is 13.0. The highest BCUT2D eigenvalue weighted by Crippen LogP contribution is 2.29. The predicted octanol–water partition coefficient (Wildman–Crippen LogP) is 5.57. The first-order valence-electron chi connectivity index (χ1n) is 7.38. The molecule has 4 rings (SSSR count). The molecule has 120 valence electrons. The maximum atomic E-state index is 12.6. The summed E-state index contributed by atoms with van der Waals surface area (Å²) in [5.74, 6) is 0.0215. The van der Waals surface area contributed by atoms with Crippen LogP contribution in [0.3, 0.4) is 0 Å². The van der Waals surface area contributed by atoms with E-state index in [2.05, 4.69) is 10.3 Å². The van der Waals surface area contributed by atoms with Crippen molar-refractivity contribution >= 4 is 55.7 Å². The maximum Gasteiger partial charge on any atom is 0.291 e. The van der Waals surface area contributed by atoms with Gasteiger partial charge >= 0.3 is 0 Å². The Bertz CT molecular complexity index is 1100. The molecule has 6 heteroatoms. The number of fused-ring (bicyclic) bond motifs is 2. The van der Waals surface area contributed by atoms with Crippen LogP contribution in [0, 0.1) is 13.8 Å². The van der Waals surface area contributed by atoms with E-state index in [1.54, 1.807) is 29.5 Å². The molecule has 4 aromatic rings. The van der Waals surface area contributed by atoms with E-state index < -0.39 is 0 Å². The molecule has 0 unspecified atom stereocenters. The van der Waals surface area contributed by atoms with E-state index in [-0.39, 0.29) is 5.91 Å². The molecule has 1 N–H and O–H groups in total. The summed E-state index contributed by atoms with van der Waals surface area (Å²) in [6, 6.07) is 11.0. The minimum absolute atomic E-state index is 0.277. The third-order valence-electron chi connectivity index (χ3n) is 3.86. The number of aromatic nitrogens is 1. The first-order valence-corrected chi connectivity index (χ1v) is 8.58. The van der Waals surface area contributed by atoms with Crippen LogP contribution in [0.2, 0.25) is 5.02 Å². The number of rotatable bonds is 2. The van der Waals surface area contributed by atoms with Crippen LogP contribution in [0.15, 0.2) is 40.8 Å². The zero-order chi connectivity index (χ0) is 16.8. The van der Waals surface area contributed by atoms with Crippen molar-refractivity contribution in [2.75, 3.05) is 5.32 Å². The molecule has 0 aliphatic carbocycles. The topological polar surface area (TPSA) is 55.1 Å². The van der Waals surface area contributed by atoms with E-state index in [1.165, 1.54) is 0 Å². The van der Waals surface area contributed by atoms with Gasteiger partial charge in [0, 0.05) is 21.7 Å². The number of nitrogens with zero attached hydrogens (tertiary/aromatic N) is 1. The van der Waals surface area contributed by atoms with Gasteiger partial charge in [0.15, 0.2) is 5.76 Å². The smallest absolute Gasteiger partial charge is 0.291 e. The summed E-state index contributed by atoms with van der Waals surface area (Å²) < 4.78 is 6.74. The molecule has 0 saturated heterocycles. The largest absolute Gasteiger partial charge is 0.451 e. The number of carbonyl (C=O) groups is 1. The van der Waals surface area contributed by atoms with Crippen LogP contribution in [0.5, 0.6) is 0 Å². The Kier molecular flexibility index (Phi) is 3.55. The molecule has 4 nitrogen and oxygen atoms in total. The van der Waals surface area contributed by atoms with Gasteiger partial charge in [0.05, 0.1) is 15.2 Å². The number of aryl methyl sites for hydroxylation is 2. The van der Waals surface area contributed by atoms with Crippen molar-refractivity contribution in [3.63, 3.8) is 0 Å². The summed E-state index contributed by atoms with van der Waals surface area (Å²) >= 11 is 7.62. The van der Waals surface area contributed by atoms with Crippen LogP contribution in [0.4, 0.5) is 5.69 Å². The number of hydrogen-bond acceptors (Lipinski definition) is 4. The molecule has 0 bridgehead atoms. The normalized spacial score (nSPS) is 11.3. The van der Waals surface area contributed by atoms with Crippen LogP contribution in [-0.2, 0) is 0 Å². The average molecular weight is 357 g/mol. The number of amides is 1. The highest BCUT2D eigenvalue weighted by atomic mass is 35.5. The number of halogens is 1. The van der Waals surface area contributed by atoms with Gasteiger partial charge < -0.3 is 9.73 Å². The number of anilines is 1. The number of nitrogens with one attached hydrogen (secondary N) is 1. The molecule has 2 aromatic heterocycles. The van der Waals surface area contributed by atoms with E-state index in [0.29, 0.717) is 22.1 Å². The summed E-state index contributed by atoms with van der Waals surface area (Å²) in [5.41, 5.74) is 3.08. The molecule has 0 atom stereocenters. The second-order valence-electron chi connectivity index (χ2n) is 5.57. The molecule has 24 heavy (non-hydrogen) atoms. The van der Waals surface area contributed by atoms with Gasteiger partial charge in [-0.15, -0.1) is 11.3 Å². The summed E-state index contributed by atoms with van der Waals surface area (Å²) in [6.45, 7) is 3.82. The molecule has 2 aromatic carbocycles. The highest BCUT2D eigenvalue weighted by Gasteiger charge is 2.18. The number of benzene rings is 2. The van der Waals surface area contributed by atoms with Gasteiger partial charge in [-0.05, 0) is 50.2 Å². The Labute approximate surface area is 147 Å². The number of hydrogen-bond donors (Lipinski definition) is 1. The lowest BCUT2D eigenvalue weighted by Gasteiger charge is -2.03. The quantitative estimate of drug-likeness (QED) is 0.511. The number of thiazole rings is 1. The molecule has 2 heterocycles. The lowest BCUT2D eigenvalue weighted by molar-refractivity contribution is 0.0998. The van der Waals surface area contributed by atoms with E-state index in [0.717, 1.165) is 26.2 Å². The van der Waals surface area contributed by atoms with E-state index in [4.69, 9.17) is 16.0 Å². The van der Waals surface area contributed by atoms with Gasteiger partial charge in [-0.3, -0.25) is 4.79 Å². The van der Waals surface area contributed by atoms with E-state index >= 15 is 0 Å². The molecule has 0 fully saturated rings. The van der Waals surface area contributed by atoms with Gasteiger partial charge in [0.1, 0.15) is 5.58 Å². The lowest BCUT2D eigenvalue weighted by Crippen LogP contribution is -2.11. The first kappa shape index (κ1) is 15.2. The standard InChI is InChI=1S/C18H13ClN2O2S/c1-9-13-7-11(19)3-6-15(13)23-17(9)18(22)21-12-4-5-14-16(8-12)24-10(2)20-14/h3-8H,1-2H3,(H,21,22). The molecular formula is C18H13ClN2O2S. The van der Waals surface area contributed by atoms with Crippen molar-refractivity contribution in [3.8, 4) is 0 Å². The Morgan fingerprint density at radius 2 is 2.04 bits per heavy atom. The minimum atomic E-state index is -0.277. The van der Waals surface area contributed by atoms with Crippen molar-refractivity contribution < 1.29 is 9.21 Å². The molecule has 0 aliphatic rings. The van der Waals surface area contributed by atoms with Crippen LogP contribution in [-0.4, -0.2) is 10.9 Å². The molecule has 0 aliphatic heterocycles. The van der Waals surface area contributed by atoms with Crippen molar-refractivity contribution in [3.05, 3.63) is 57.8 Å². The van der Waals surface area contributed by atoms with Crippen molar-refractivity contribution in [1.29, 1.82) is 0 Å². The number of furan rings is 1. The SMILES string of the molecule is Cc1nc2ccc(NC(=O)c3oc4ccc(Cl)cc4c3C)cc2s1. The Morgan fingerprint density at radius 3 is 2.88 bits per heavy atom. The second-order valence-corrected chi connectivity index (χ2v) is 7.24. The fraction of sp³-hybridized carbons (Fsp3) is 0.111. The van der Waals surface area contributed by atoms with Crippen LogP contribution >= 0.6 is 22.9 Å². The fourth-order valence-corrected chi connectivity index (χ4v) is 3.75. The minimum Gasteiger partial charge on any atom is -0.451 e. The monoisotopic (exact) mass is 356 g/mol. The van der Waals surface area contributed by atoms with Crippen LogP contribution < -0.4 is 5.32 Å². The summed E-state index contributed by atoms with van der Waals surface area (Å²) in [4.78, 5) is 17.0. The third kappa shape index (κ3) is 2.56. The van der Waals surface area contributed by atoms with Gasteiger partial charge in [-0.25, -0.2) is 4.98 Å². The average Bonchev–Trinajstić information content (AvgIpc) is 3.06. The second kappa shape index (κ2) is 5.61. The van der Waals surface area contributed by atoms with E-state index in [9.17, 15) is 4.79 Å².